The SMILES string of the molecule is CN1CCN(CCC(=O)c2ccc(F)c(N)c2)CC1. The molecular weight excluding hydrogens is 245 g/mol. The quantitative estimate of drug-likeness (QED) is 0.657. The van der Waals surface area contributed by atoms with Crippen LogP contribution in [0.1, 0.15) is 16.8 Å². The zero-order valence-corrected chi connectivity index (χ0v) is 11.2. The fourth-order valence-electron chi connectivity index (χ4n) is 2.19. The first-order valence-corrected chi connectivity index (χ1v) is 6.55. The number of ketones is 1. The van der Waals surface area contributed by atoms with Crippen LogP contribution >= 0.6 is 0 Å². The van der Waals surface area contributed by atoms with Crippen LogP contribution in [0, 0.1) is 5.82 Å². The highest BCUT2D eigenvalue weighted by Gasteiger charge is 2.15. The largest absolute Gasteiger partial charge is 0.396 e. The van der Waals surface area contributed by atoms with Crippen molar-refractivity contribution in [3.8, 4) is 0 Å². The van der Waals surface area contributed by atoms with Gasteiger partial charge in [-0.1, -0.05) is 0 Å². The molecule has 1 fully saturated rings. The van der Waals surface area contributed by atoms with Gasteiger partial charge in [0, 0.05) is 44.7 Å². The second-order valence-electron chi connectivity index (χ2n) is 5.05. The van der Waals surface area contributed by atoms with Crippen LogP contribution in [0.5, 0.6) is 0 Å². The highest BCUT2D eigenvalue weighted by Crippen LogP contribution is 2.14. The number of carbonyl (C=O) groups is 1. The van der Waals surface area contributed by atoms with Crippen molar-refractivity contribution in [2.75, 3.05) is 45.5 Å². The molecular formula is C14H20FN3O. The Morgan fingerprint density at radius 1 is 1.32 bits per heavy atom. The van der Waals surface area contributed by atoms with E-state index in [1.165, 1.54) is 18.2 Å². The summed E-state index contributed by atoms with van der Waals surface area (Å²) in [6.07, 6.45) is 0.453. The van der Waals surface area contributed by atoms with E-state index in [1.807, 2.05) is 0 Å². The number of hydrogen-bond donors (Lipinski definition) is 1. The molecule has 0 aliphatic carbocycles. The summed E-state index contributed by atoms with van der Waals surface area (Å²) in [7, 11) is 2.10. The maximum atomic E-state index is 13.0. The molecule has 1 aliphatic heterocycles. The average molecular weight is 265 g/mol. The zero-order valence-electron chi connectivity index (χ0n) is 11.2. The minimum atomic E-state index is -0.476. The van der Waals surface area contributed by atoms with Crippen LogP contribution in [0.2, 0.25) is 0 Å². The molecule has 0 radical (unpaired) electrons. The molecule has 0 spiro atoms. The third-order valence-electron chi connectivity index (χ3n) is 3.57. The lowest BCUT2D eigenvalue weighted by atomic mass is 10.1. The third kappa shape index (κ3) is 3.75. The van der Waals surface area contributed by atoms with Gasteiger partial charge in [0.25, 0.3) is 0 Å². The van der Waals surface area contributed by atoms with Gasteiger partial charge in [0.2, 0.25) is 0 Å². The van der Waals surface area contributed by atoms with Crippen molar-refractivity contribution in [1.29, 1.82) is 0 Å². The van der Waals surface area contributed by atoms with E-state index in [2.05, 4.69) is 16.8 Å². The standard InChI is InChI=1S/C14H20FN3O/c1-17-6-8-18(9-7-17)5-4-14(19)11-2-3-12(15)13(16)10-11/h2-3,10H,4-9,16H2,1H3. The molecule has 1 heterocycles. The molecule has 19 heavy (non-hydrogen) atoms. The van der Waals surface area contributed by atoms with Crippen LogP contribution in [0.4, 0.5) is 10.1 Å². The second-order valence-corrected chi connectivity index (χ2v) is 5.05. The van der Waals surface area contributed by atoms with E-state index in [-0.39, 0.29) is 11.5 Å². The molecule has 1 aromatic carbocycles. The fraction of sp³-hybridized carbons (Fsp3) is 0.500. The molecule has 1 aliphatic rings. The summed E-state index contributed by atoms with van der Waals surface area (Å²) < 4.78 is 13.0. The Morgan fingerprint density at radius 2 is 2.00 bits per heavy atom. The molecule has 1 saturated heterocycles. The molecule has 0 atom stereocenters. The van der Waals surface area contributed by atoms with Gasteiger partial charge in [-0.2, -0.15) is 0 Å². The minimum absolute atomic E-state index is 0.0191. The summed E-state index contributed by atoms with van der Waals surface area (Å²) in [6, 6.07) is 4.16. The van der Waals surface area contributed by atoms with Crippen molar-refractivity contribution in [3.63, 3.8) is 0 Å². The number of likely N-dealkylation sites (N-methyl/N-ethyl adjacent to an activating group) is 1. The third-order valence-corrected chi connectivity index (χ3v) is 3.57. The number of nitrogens with zero attached hydrogens (tertiary/aromatic N) is 2. The first kappa shape index (κ1) is 14.0. The van der Waals surface area contributed by atoms with Gasteiger partial charge in [0.1, 0.15) is 5.82 Å². The van der Waals surface area contributed by atoms with E-state index in [4.69, 9.17) is 5.73 Å². The smallest absolute Gasteiger partial charge is 0.164 e. The minimum Gasteiger partial charge on any atom is -0.396 e. The number of carbonyl (C=O) groups excluding carboxylic acids is 1. The van der Waals surface area contributed by atoms with E-state index >= 15 is 0 Å². The van der Waals surface area contributed by atoms with Crippen molar-refractivity contribution in [3.05, 3.63) is 29.6 Å². The van der Waals surface area contributed by atoms with Gasteiger partial charge in [0.05, 0.1) is 5.69 Å². The first-order valence-electron chi connectivity index (χ1n) is 6.55. The summed E-state index contributed by atoms with van der Waals surface area (Å²) in [6.45, 7) is 4.82. The molecule has 5 heteroatoms. The van der Waals surface area contributed by atoms with Gasteiger partial charge in [-0.15, -0.1) is 0 Å². The van der Waals surface area contributed by atoms with Crippen LogP contribution in [-0.4, -0.2) is 55.4 Å². The first-order chi connectivity index (χ1) is 9.06. The van der Waals surface area contributed by atoms with Gasteiger partial charge in [-0.3, -0.25) is 4.79 Å². The Bertz CT molecular complexity index is 456. The number of hydrogen-bond acceptors (Lipinski definition) is 4. The number of piperazine rings is 1. The summed E-state index contributed by atoms with van der Waals surface area (Å²) >= 11 is 0. The zero-order chi connectivity index (χ0) is 13.8. The van der Waals surface area contributed by atoms with Crippen LogP contribution in [0.3, 0.4) is 0 Å². The summed E-state index contributed by atoms with van der Waals surface area (Å²) in [5.41, 5.74) is 6.00. The number of anilines is 1. The number of halogens is 1. The van der Waals surface area contributed by atoms with Gasteiger partial charge in [0.15, 0.2) is 5.78 Å². The molecule has 0 bridgehead atoms. The van der Waals surface area contributed by atoms with E-state index in [9.17, 15) is 9.18 Å². The average Bonchev–Trinajstić information content (AvgIpc) is 2.41. The van der Waals surface area contributed by atoms with Crippen molar-refractivity contribution in [1.82, 2.24) is 9.80 Å². The van der Waals surface area contributed by atoms with Crippen LogP contribution < -0.4 is 5.73 Å². The molecule has 0 aromatic heterocycles. The Balaban J connectivity index is 1.85. The lowest BCUT2D eigenvalue weighted by Gasteiger charge is -2.32. The molecule has 0 amide bonds. The maximum absolute atomic E-state index is 13.0. The monoisotopic (exact) mass is 265 g/mol. The van der Waals surface area contributed by atoms with Gasteiger partial charge in [-0.25, -0.2) is 4.39 Å². The molecule has 0 saturated carbocycles. The Hall–Kier alpha value is -1.46. The van der Waals surface area contributed by atoms with E-state index < -0.39 is 5.82 Å². The Labute approximate surface area is 113 Å². The number of nitrogens with two attached hydrogens (primary N) is 1. The van der Waals surface area contributed by atoms with Gasteiger partial charge < -0.3 is 15.5 Å². The summed E-state index contributed by atoms with van der Waals surface area (Å²) in [5, 5.41) is 0. The number of rotatable bonds is 4. The van der Waals surface area contributed by atoms with Crippen molar-refractivity contribution in [2.24, 2.45) is 0 Å². The predicted octanol–water partition coefficient (Wildman–Crippen LogP) is 1.23. The number of Topliss-reactive ketones (excluding diaryl/α,β-unsaturated/α-hetero) is 1. The van der Waals surface area contributed by atoms with Crippen molar-refractivity contribution < 1.29 is 9.18 Å². The van der Waals surface area contributed by atoms with Crippen LogP contribution in [0.25, 0.3) is 0 Å². The molecule has 2 rings (SSSR count). The molecule has 104 valence electrons. The fourth-order valence-corrected chi connectivity index (χ4v) is 2.19. The summed E-state index contributed by atoms with van der Waals surface area (Å²) in [5.74, 6) is -0.457. The highest BCUT2D eigenvalue weighted by molar-refractivity contribution is 5.96. The maximum Gasteiger partial charge on any atom is 0.164 e. The predicted molar refractivity (Wildman–Crippen MR) is 73.7 cm³/mol. The molecule has 4 nitrogen and oxygen atoms in total. The molecule has 0 unspecified atom stereocenters. The van der Waals surface area contributed by atoms with Crippen LogP contribution in [0.15, 0.2) is 18.2 Å². The number of benzene rings is 1. The van der Waals surface area contributed by atoms with Crippen LogP contribution in [-0.2, 0) is 0 Å². The van der Waals surface area contributed by atoms with E-state index in [0.29, 0.717) is 12.0 Å². The lowest BCUT2D eigenvalue weighted by Crippen LogP contribution is -2.45. The van der Waals surface area contributed by atoms with Crippen molar-refractivity contribution in [2.45, 2.75) is 6.42 Å². The number of nitrogen functional groups attached to an aromatic ring is 1. The summed E-state index contributed by atoms with van der Waals surface area (Å²) in [4.78, 5) is 16.6. The second kappa shape index (κ2) is 6.12. The Morgan fingerprint density at radius 3 is 2.63 bits per heavy atom. The normalized spacial score (nSPS) is 17.6. The molecule has 2 N–H and O–H groups in total. The highest BCUT2D eigenvalue weighted by atomic mass is 19.1. The lowest BCUT2D eigenvalue weighted by molar-refractivity contribution is 0.0942. The van der Waals surface area contributed by atoms with E-state index in [0.717, 1.165) is 32.7 Å². The Kier molecular flexibility index (Phi) is 4.50. The topological polar surface area (TPSA) is 49.6 Å². The van der Waals surface area contributed by atoms with Crippen molar-refractivity contribution >= 4 is 11.5 Å². The van der Waals surface area contributed by atoms with Gasteiger partial charge >= 0.3 is 0 Å². The van der Waals surface area contributed by atoms with E-state index in [1.54, 1.807) is 0 Å². The van der Waals surface area contributed by atoms with Gasteiger partial charge in [-0.05, 0) is 25.2 Å². The molecule has 1 aromatic rings.